The van der Waals surface area contributed by atoms with Crippen molar-refractivity contribution in [2.75, 3.05) is 5.32 Å². The summed E-state index contributed by atoms with van der Waals surface area (Å²) in [7, 11) is 0. The summed E-state index contributed by atoms with van der Waals surface area (Å²) in [6.45, 7) is 3.67. The van der Waals surface area contributed by atoms with Gasteiger partial charge in [0.1, 0.15) is 6.54 Å². The van der Waals surface area contributed by atoms with Gasteiger partial charge in [0.2, 0.25) is 5.91 Å². The van der Waals surface area contributed by atoms with Crippen LogP contribution in [0.25, 0.3) is 11.0 Å². The lowest BCUT2D eigenvalue weighted by Crippen LogP contribution is -2.42. The largest absolute Gasteiger partial charge is 0.332 e. The van der Waals surface area contributed by atoms with Gasteiger partial charge in [-0.15, -0.1) is 0 Å². The molecule has 4 rings (SSSR count). The van der Waals surface area contributed by atoms with Crippen molar-refractivity contribution in [3.8, 4) is 0 Å². The maximum absolute atomic E-state index is 13.3. The van der Waals surface area contributed by atoms with Crippen molar-refractivity contribution in [1.29, 1.82) is 0 Å². The van der Waals surface area contributed by atoms with Gasteiger partial charge in [0.25, 0.3) is 5.56 Å². The fourth-order valence-electron chi connectivity index (χ4n) is 3.70. The number of aromatic nitrogens is 3. The molecule has 0 aliphatic carbocycles. The van der Waals surface area contributed by atoms with Crippen LogP contribution in [0, 0.1) is 13.8 Å². The lowest BCUT2D eigenvalue weighted by Gasteiger charge is -2.14. The highest BCUT2D eigenvalue weighted by Crippen LogP contribution is 2.14. The zero-order valence-electron chi connectivity index (χ0n) is 17.6. The van der Waals surface area contributed by atoms with Gasteiger partial charge < -0.3 is 5.32 Å². The number of nitrogens with one attached hydrogen (secondary N) is 1. The minimum atomic E-state index is -0.582. The third-order valence-electron chi connectivity index (χ3n) is 5.05. The molecule has 2 heterocycles. The number of rotatable bonds is 5. The molecule has 0 radical (unpaired) electrons. The Bertz CT molecular complexity index is 1420. The van der Waals surface area contributed by atoms with Gasteiger partial charge in [-0.1, -0.05) is 29.8 Å². The van der Waals surface area contributed by atoms with Gasteiger partial charge in [-0.3, -0.25) is 18.7 Å². The molecule has 0 atom stereocenters. The number of carbonyl (C=O) groups is 1. The van der Waals surface area contributed by atoms with Crippen LogP contribution < -0.4 is 16.6 Å². The number of pyridine rings is 1. The normalized spacial score (nSPS) is 11.0. The van der Waals surface area contributed by atoms with Crippen LogP contribution in [-0.2, 0) is 17.9 Å². The number of aryl methyl sites for hydroxylation is 2. The lowest BCUT2D eigenvalue weighted by molar-refractivity contribution is -0.116. The van der Waals surface area contributed by atoms with Crippen molar-refractivity contribution in [3.05, 3.63) is 103 Å². The van der Waals surface area contributed by atoms with E-state index in [0.717, 1.165) is 21.3 Å². The summed E-state index contributed by atoms with van der Waals surface area (Å²) in [5.74, 6) is -0.376. The maximum Gasteiger partial charge on any atom is 0.332 e. The zero-order chi connectivity index (χ0) is 22.8. The van der Waals surface area contributed by atoms with Gasteiger partial charge >= 0.3 is 5.69 Å². The minimum Gasteiger partial charge on any atom is -0.325 e. The molecule has 0 saturated heterocycles. The van der Waals surface area contributed by atoms with Gasteiger partial charge in [-0.25, -0.2) is 9.78 Å². The summed E-state index contributed by atoms with van der Waals surface area (Å²) >= 11 is 5.93. The van der Waals surface area contributed by atoms with E-state index in [4.69, 9.17) is 11.6 Å². The SMILES string of the molecule is Cc1cc(C)cc(NC(=O)Cn2c(=O)n(Cc3ccc(Cl)cc3)c(=O)c3ncccc32)c1. The van der Waals surface area contributed by atoms with Crippen LogP contribution in [0.5, 0.6) is 0 Å². The van der Waals surface area contributed by atoms with Crippen molar-refractivity contribution < 1.29 is 4.79 Å². The number of hydrogen-bond donors (Lipinski definition) is 1. The van der Waals surface area contributed by atoms with Gasteiger partial charge in [0, 0.05) is 16.9 Å². The molecule has 0 aliphatic rings. The molecule has 2 aromatic heterocycles. The summed E-state index contributed by atoms with van der Waals surface area (Å²) in [4.78, 5) is 43.2. The van der Waals surface area contributed by atoms with Gasteiger partial charge in [0.05, 0.1) is 12.1 Å². The maximum atomic E-state index is 13.3. The summed E-state index contributed by atoms with van der Waals surface area (Å²) in [5, 5.41) is 3.39. The van der Waals surface area contributed by atoms with E-state index in [1.165, 1.54) is 10.8 Å². The Kier molecular flexibility index (Phi) is 5.92. The summed E-state index contributed by atoms with van der Waals surface area (Å²) in [6.07, 6.45) is 1.49. The van der Waals surface area contributed by atoms with Crippen LogP contribution in [-0.4, -0.2) is 20.0 Å². The van der Waals surface area contributed by atoms with Crippen molar-refractivity contribution in [1.82, 2.24) is 14.1 Å². The summed E-state index contributed by atoms with van der Waals surface area (Å²) in [5.41, 5.74) is 2.76. The van der Waals surface area contributed by atoms with Crippen molar-refractivity contribution in [2.45, 2.75) is 26.9 Å². The summed E-state index contributed by atoms with van der Waals surface area (Å²) in [6, 6.07) is 15.8. The third-order valence-corrected chi connectivity index (χ3v) is 5.30. The van der Waals surface area contributed by atoms with E-state index >= 15 is 0 Å². The van der Waals surface area contributed by atoms with Crippen molar-refractivity contribution in [2.24, 2.45) is 0 Å². The van der Waals surface area contributed by atoms with E-state index in [1.807, 2.05) is 32.0 Å². The van der Waals surface area contributed by atoms with Crippen LogP contribution in [0.15, 0.2) is 70.4 Å². The number of amides is 1. The molecule has 8 heteroatoms. The second kappa shape index (κ2) is 8.80. The van der Waals surface area contributed by atoms with E-state index < -0.39 is 11.2 Å². The van der Waals surface area contributed by atoms with Crippen LogP contribution in [0.4, 0.5) is 5.69 Å². The predicted molar refractivity (Wildman–Crippen MR) is 125 cm³/mol. The van der Waals surface area contributed by atoms with Crippen molar-refractivity contribution >= 4 is 34.2 Å². The van der Waals surface area contributed by atoms with Crippen LogP contribution in [0.1, 0.15) is 16.7 Å². The Morgan fingerprint density at radius 2 is 1.69 bits per heavy atom. The quantitative estimate of drug-likeness (QED) is 0.506. The first kappa shape index (κ1) is 21.5. The molecule has 32 heavy (non-hydrogen) atoms. The molecule has 0 aliphatic heterocycles. The monoisotopic (exact) mass is 448 g/mol. The highest BCUT2D eigenvalue weighted by Gasteiger charge is 2.16. The Labute approximate surface area is 188 Å². The molecule has 0 saturated carbocycles. The topological polar surface area (TPSA) is 86.0 Å². The number of anilines is 1. The average molecular weight is 449 g/mol. The zero-order valence-corrected chi connectivity index (χ0v) is 18.4. The molecule has 1 N–H and O–H groups in total. The van der Waals surface area contributed by atoms with E-state index in [9.17, 15) is 14.4 Å². The first-order valence-electron chi connectivity index (χ1n) is 10.0. The number of carbonyl (C=O) groups excluding carboxylic acids is 1. The van der Waals surface area contributed by atoms with Gasteiger partial charge in [0.15, 0.2) is 5.52 Å². The van der Waals surface area contributed by atoms with E-state index in [2.05, 4.69) is 10.3 Å². The highest BCUT2D eigenvalue weighted by molar-refractivity contribution is 6.30. The molecule has 2 aromatic carbocycles. The highest BCUT2D eigenvalue weighted by atomic mass is 35.5. The molecule has 7 nitrogen and oxygen atoms in total. The molecule has 0 bridgehead atoms. The number of benzene rings is 2. The first-order valence-corrected chi connectivity index (χ1v) is 10.4. The fourth-order valence-corrected chi connectivity index (χ4v) is 3.82. The average Bonchev–Trinajstić information content (AvgIpc) is 2.75. The van der Waals surface area contributed by atoms with E-state index in [1.54, 1.807) is 36.4 Å². The molecule has 0 fully saturated rings. The molecular formula is C24H21ClN4O3. The Morgan fingerprint density at radius 1 is 1.00 bits per heavy atom. The minimum absolute atomic E-state index is 0.0417. The number of hydrogen-bond acceptors (Lipinski definition) is 4. The van der Waals surface area contributed by atoms with E-state index in [0.29, 0.717) is 16.2 Å². The fraction of sp³-hybridized carbons (Fsp3) is 0.167. The van der Waals surface area contributed by atoms with Crippen LogP contribution in [0.2, 0.25) is 5.02 Å². The molecular weight excluding hydrogens is 428 g/mol. The predicted octanol–water partition coefficient (Wildman–Crippen LogP) is 3.52. The molecule has 4 aromatic rings. The van der Waals surface area contributed by atoms with Crippen LogP contribution >= 0.6 is 11.6 Å². The second-order valence-corrected chi connectivity index (χ2v) is 8.12. The third kappa shape index (κ3) is 4.48. The van der Waals surface area contributed by atoms with Crippen LogP contribution in [0.3, 0.4) is 0 Å². The molecule has 0 unspecified atom stereocenters. The number of fused-ring (bicyclic) bond motifs is 1. The number of nitrogens with zero attached hydrogens (tertiary/aromatic N) is 3. The molecule has 162 valence electrons. The summed E-state index contributed by atoms with van der Waals surface area (Å²) < 4.78 is 2.36. The lowest BCUT2D eigenvalue weighted by atomic mass is 10.1. The Balaban J connectivity index is 1.74. The first-order chi connectivity index (χ1) is 15.3. The Hall–Kier alpha value is -3.71. The second-order valence-electron chi connectivity index (χ2n) is 7.68. The van der Waals surface area contributed by atoms with E-state index in [-0.39, 0.29) is 24.5 Å². The standard InChI is InChI=1S/C24H21ClN4O3/c1-15-10-16(2)12-19(11-15)27-21(30)14-28-20-4-3-9-26-22(20)23(31)29(24(28)32)13-17-5-7-18(25)8-6-17/h3-12H,13-14H2,1-2H3,(H,27,30). The number of halogens is 1. The molecule has 0 spiro atoms. The molecule has 1 amide bonds. The van der Waals surface area contributed by atoms with Gasteiger partial charge in [-0.2, -0.15) is 0 Å². The van der Waals surface area contributed by atoms with Crippen molar-refractivity contribution in [3.63, 3.8) is 0 Å². The van der Waals surface area contributed by atoms with Gasteiger partial charge in [-0.05, 0) is 66.9 Å². The smallest absolute Gasteiger partial charge is 0.325 e. The Morgan fingerprint density at radius 3 is 2.38 bits per heavy atom.